The Balaban J connectivity index is 0. The van der Waals surface area contributed by atoms with Gasteiger partial charge in [0.25, 0.3) is 0 Å². The first-order valence-electron chi connectivity index (χ1n) is 35.9. The van der Waals surface area contributed by atoms with Crippen LogP contribution in [0.2, 0.25) is 0 Å². The van der Waals surface area contributed by atoms with Crippen LogP contribution in [-0.2, 0) is 42.2 Å². The van der Waals surface area contributed by atoms with Gasteiger partial charge in [0.2, 0.25) is 0 Å². The molecule has 0 aliphatic carbocycles. The Kier molecular flexibility index (Phi) is 63.8. The second-order valence-electron chi connectivity index (χ2n) is 24.2. The Morgan fingerprint density at radius 2 is 0.531 bits per heavy atom. The predicted octanol–water partition coefficient (Wildman–Crippen LogP) is 27.0. The first kappa shape index (κ1) is 80.9. The molecule has 0 aromatic heterocycles. The Morgan fingerprint density at radius 3 is 0.753 bits per heavy atom. The van der Waals surface area contributed by atoms with Crippen molar-refractivity contribution in [3.63, 3.8) is 0 Å². The fourth-order valence-corrected chi connectivity index (χ4v) is 12.1. The summed E-state index contributed by atoms with van der Waals surface area (Å²) in [5.41, 5.74) is 22.9. The number of aryl methyl sites for hydroxylation is 4. The van der Waals surface area contributed by atoms with Crippen LogP contribution >= 0.6 is 0 Å². The summed E-state index contributed by atoms with van der Waals surface area (Å²) >= 11 is 0. The molecule has 2 nitrogen and oxygen atoms in total. The summed E-state index contributed by atoms with van der Waals surface area (Å²) in [6.45, 7) is 23.9. The molecule has 0 saturated heterocycles. The van der Waals surface area contributed by atoms with Crippen molar-refractivity contribution in [3.05, 3.63) is 100 Å². The van der Waals surface area contributed by atoms with Gasteiger partial charge in [-0.25, -0.2) is 0 Å². The first-order chi connectivity index (χ1) is 39.5. The van der Waals surface area contributed by atoms with Crippen molar-refractivity contribution in [3.8, 4) is 0 Å². The summed E-state index contributed by atoms with van der Waals surface area (Å²) in [6.07, 6.45) is 69.4. The van der Waals surface area contributed by atoms with Crippen LogP contribution in [-0.4, -0.2) is 10.7 Å². The third kappa shape index (κ3) is 45.8. The van der Waals surface area contributed by atoms with Crippen LogP contribution in [0.4, 0.5) is 0 Å². The molecule has 0 saturated carbocycles. The van der Waals surface area contributed by atoms with E-state index in [-0.39, 0.29) is 16.5 Å². The van der Waals surface area contributed by atoms with Crippen molar-refractivity contribution in [1.29, 1.82) is 0 Å². The Hall–Kier alpha value is -2.17. The van der Waals surface area contributed by atoms with Gasteiger partial charge in [0.1, 0.15) is 0 Å². The van der Waals surface area contributed by atoms with Crippen LogP contribution in [0, 0.1) is 13.8 Å². The molecule has 0 atom stereocenters. The fraction of sp³-hybridized carbons (Fsp3) is 0.769. The average Bonchev–Trinajstić information content (AvgIpc) is 3.49. The molecule has 0 fully saturated rings. The molecule has 81 heavy (non-hydrogen) atoms. The van der Waals surface area contributed by atoms with Gasteiger partial charge in [-0.1, -0.05) is 341 Å². The van der Waals surface area contributed by atoms with Crippen molar-refractivity contribution in [2.45, 2.75) is 389 Å². The predicted molar refractivity (Wildman–Crippen MR) is 364 cm³/mol. The second-order valence-corrected chi connectivity index (χ2v) is 24.2. The van der Waals surface area contributed by atoms with Gasteiger partial charge >= 0.3 is 22.4 Å². The van der Waals surface area contributed by atoms with E-state index in [1.54, 1.807) is 13.8 Å². The Bertz CT molecular complexity index is 1670. The van der Waals surface area contributed by atoms with Crippen LogP contribution < -0.4 is 0 Å². The number of unbranched alkanes of at least 4 members (excludes halogenated alkanes) is 41. The minimum Gasteiger partial charge on any atom is -0.348 e. The zero-order valence-electron chi connectivity index (χ0n) is 55.9. The third-order valence-electron chi connectivity index (χ3n) is 16.9. The zero-order chi connectivity index (χ0) is 58.6. The van der Waals surface area contributed by atoms with E-state index in [1.807, 2.05) is 0 Å². The monoisotopic (exact) mass is 1160 g/mol. The minimum atomic E-state index is 0. The summed E-state index contributed by atoms with van der Waals surface area (Å²) in [5, 5.41) is 0. The summed E-state index contributed by atoms with van der Waals surface area (Å²) in [4.78, 5) is 3.64. The van der Waals surface area contributed by atoms with Gasteiger partial charge in [-0.15, -0.1) is 4.79 Å². The molecular formula is C78H138N2Ni. The van der Waals surface area contributed by atoms with Crippen LogP contribution in [0.25, 0.3) is 11.1 Å². The zero-order valence-corrected chi connectivity index (χ0v) is 56.8. The molecular weight excluding hydrogens is 1020 g/mol. The molecule has 2 aromatic rings. The van der Waals surface area contributed by atoms with Gasteiger partial charge in [0, 0.05) is 0 Å². The number of allylic oxidation sites excluding steroid dienone is 2. The van der Waals surface area contributed by atoms with E-state index in [2.05, 4.69) is 102 Å². The van der Waals surface area contributed by atoms with Gasteiger partial charge in [-0.2, -0.15) is 13.8 Å². The Labute approximate surface area is 519 Å². The summed E-state index contributed by atoms with van der Waals surface area (Å²) in [7, 11) is 0. The van der Waals surface area contributed by atoms with Crippen molar-refractivity contribution in [1.82, 2.24) is 0 Å². The molecule has 0 radical (unpaired) electrons. The summed E-state index contributed by atoms with van der Waals surface area (Å²) in [5.74, 6) is 3.18. The molecule has 3 heteroatoms. The normalized spacial score (nSPS) is 11.2. The molecule has 0 aliphatic rings. The van der Waals surface area contributed by atoms with Crippen molar-refractivity contribution in [2.24, 2.45) is 0 Å². The van der Waals surface area contributed by atoms with Gasteiger partial charge in [-0.05, 0) is 115 Å². The molecule has 0 N–H and O–H groups in total. The minimum absolute atomic E-state index is 0. The SMILES string of the molecule is CCCCCCCCCCCCCCCCCCc1cc(CCCCCCCCCCCCCCCCCC)cc(C(=C(CCCCCCCC)C(=C=[N+]=[N-])CC)c2cc(CCCCCC)cc(CCCCCC)c2)c1.[CH2-]C.[CH2-]C.[Ni+2]. The van der Waals surface area contributed by atoms with E-state index in [4.69, 9.17) is 0 Å². The van der Waals surface area contributed by atoms with Crippen molar-refractivity contribution in [2.75, 3.05) is 0 Å². The molecule has 2 aromatic carbocycles. The number of hydrogen-bond acceptors (Lipinski definition) is 0. The van der Waals surface area contributed by atoms with E-state index in [0.29, 0.717) is 0 Å². The molecule has 0 amide bonds. The molecule has 0 unspecified atom stereocenters. The summed E-state index contributed by atoms with van der Waals surface area (Å²) < 4.78 is 0. The molecule has 0 bridgehead atoms. The van der Waals surface area contributed by atoms with Crippen LogP contribution in [0.15, 0.2) is 47.5 Å². The van der Waals surface area contributed by atoms with Crippen LogP contribution in [0.1, 0.15) is 397 Å². The van der Waals surface area contributed by atoms with E-state index in [0.717, 1.165) is 50.5 Å². The van der Waals surface area contributed by atoms with Crippen LogP contribution in [0.5, 0.6) is 0 Å². The number of nitrogens with zero attached hydrogens (tertiary/aromatic N) is 2. The largest absolute Gasteiger partial charge is 2.00 e. The first-order valence-corrected chi connectivity index (χ1v) is 35.9. The molecule has 0 heterocycles. The van der Waals surface area contributed by atoms with E-state index >= 15 is 0 Å². The molecule has 2 rings (SSSR count). The maximum Gasteiger partial charge on any atom is 2.00 e. The van der Waals surface area contributed by atoms with Gasteiger partial charge < -0.3 is 19.4 Å². The number of rotatable bonds is 55. The van der Waals surface area contributed by atoms with Gasteiger partial charge in [0.15, 0.2) is 0 Å². The molecule has 470 valence electrons. The third-order valence-corrected chi connectivity index (χ3v) is 16.9. The topological polar surface area (TPSA) is 36.4 Å². The smallest absolute Gasteiger partial charge is 0.348 e. The van der Waals surface area contributed by atoms with Crippen LogP contribution in [0.3, 0.4) is 0 Å². The van der Waals surface area contributed by atoms with Gasteiger partial charge in [-0.3, -0.25) is 0 Å². The van der Waals surface area contributed by atoms with E-state index in [1.165, 1.54) is 333 Å². The van der Waals surface area contributed by atoms with Crippen molar-refractivity contribution >= 4 is 11.4 Å². The quantitative estimate of drug-likeness (QED) is 0.0120. The average molecular weight is 1160 g/mol. The standard InChI is InChI=1S/C74H128N2.2C2H5.Ni/c1-7-13-18-23-26-28-30-32-34-36-38-40-42-44-46-51-56-68-60-69(57-52-47-45-43-41-39-37-35-33-31-29-27-24-19-14-8-2)64-72(63-68)74(73(70(12-6)65-76-75)58-53-48-25-20-15-9-3)71-61-66(54-49-21-16-10-4)59-67(62-71)55-50-22-17-11-5;2*1-2;/h59-64H,7-58H2,1-6H3;2*1H2,2H3;/q;2*-1;+2. The summed E-state index contributed by atoms with van der Waals surface area (Å²) in [6, 6.07) is 15.6. The van der Waals surface area contributed by atoms with Crippen molar-refractivity contribution < 1.29 is 21.3 Å². The second kappa shape index (κ2) is 63.8. The van der Waals surface area contributed by atoms with Gasteiger partial charge in [0.05, 0.1) is 5.57 Å². The molecule has 0 aliphatic heterocycles. The number of hydrogen-bond donors (Lipinski definition) is 0. The van der Waals surface area contributed by atoms with E-state index in [9.17, 15) is 5.53 Å². The maximum absolute atomic E-state index is 10.2. The molecule has 0 spiro atoms. The Morgan fingerprint density at radius 1 is 0.321 bits per heavy atom. The number of benzene rings is 2. The fourth-order valence-electron chi connectivity index (χ4n) is 12.1. The van der Waals surface area contributed by atoms with E-state index < -0.39 is 0 Å². The maximum atomic E-state index is 10.2.